The van der Waals surface area contributed by atoms with Gasteiger partial charge in [0.1, 0.15) is 0 Å². The Hall–Kier alpha value is -1.63. The molecule has 0 radical (unpaired) electrons. The van der Waals surface area contributed by atoms with Crippen LogP contribution in [0.2, 0.25) is 0 Å². The van der Waals surface area contributed by atoms with Gasteiger partial charge >= 0.3 is 5.69 Å². The fraction of sp³-hybridized carbons (Fsp3) is 0.556. The maximum atomic E-state index is 13.1. The number of hydrogen-bond donors (Lipinski definition) is 2. The molecule has 1 aromatic heterocycles. The van der Waals surface area contributed by atoms with Crippen molar-refractivity contribution in [2.24, 2.45) is 0 Å². The maximum absolute atomic E-state index is 13.1. The lowest BCUT2D eigenvalue weighted by molar-refractivity contribution is 0.261. The molecule has 0 amide bonds. The van der Waals surface area contributed by atoms with Gasteiger partial charge in [0.05, 0.1) is 0 Å². The molecule has 1 rings (SSSR count). The van der Waals surface area contributed by atoms with Gasteiger partial charge in [-0.1, -0.05) is 0 Å². The Morgan fingerprint density at radius 1 is 1.50 bits per heavy atom. The molecule has 1 unspecified atom stereocenters. The fourth-order valence-corrected chi connectivity index (χ4v) is 1.13. The number of nitrogens with zero attached hydrogens (tertiary/aromatic N) is 2. The predicted octanol–water partition coefficient (Wildman–Crippen LogP) is -0.669. The summed E-state index contributed by atoms with van der Waals surface area (Å²) in [4.78, 5) is 25.7. The van der Waals surface area contributed by atoms with Gasteiger partial charge in [-0.25, -0.2) is 4.79 Å². The van der Waals surface area contributed by atoms with Crippen LogP contribution >= 0.6 is 0 Å². The Morgan fingerprint density at radius 3 is 2.56 bits per heavy atom. The average Bonchev–Trinajstić information content (AvgIpc) is 2.20. The van der Waals surface area contributed by atoms with Crippen molar-refractivity contribution in [2.45, 2.75) is 19.5 Å². The van der Waals surface area contributed by atoms with Crippen molar-refractivity contribution in [3.63, 3.8) is 0 Å². The minimum atomic E-state index is -1.34. The van der Waals surface area contributed by atoms with Crippen LogP contribution in [0.1, 0.15) is 6.92 Å². The topological polar surface area (TPSA) is 78.3 Å². The van der Waals surface area contributed by atoms with Crippen LogP contribution in [-0.4, -0.2) is 39.7 Å². The van der Waals surface area contributed by atoms with E-state index in [1.807, 2.05) is 0 Å². The molecule has 0 saturated carbocycles. The monoisotopic (exact) mass is 231 g/mol. The number of aromatic hydroxyl groups is 1. The average molecular weight is 231 g/mol. The van der Waals surface area contributed by atoms with Gasteiger partial charge in [-0.15, -0.1) is 0 Å². The molecule has 0 saturated heterocycles. The van der Waals surface area contributed by atoms with Crippen molar-refractivity contribution in [1.29, 1.82) is 0 Å². The van der Waals surface area contributed by atoms with Gasteiger partial charge in [0.15, 0.2) is 0 Å². The molecule has 0 fully saturated rings. The van der Waals surface area contributed by atoms with Gasteiger partial charge in [0.2, 0.25) is 11.7 Å². The smallest absolute Gasteiger partial charge is 0.331 e. The number of halogens is 1. The van der Waals surface area contributed by atoms with E-state index in [2.05, 4.69) is 0 Å². The summed E-state index contributed by atoms with van der Waals surface area (Å²) in [5.41, 5.74) is -2.03. The van der Waals surface area contributed by atoms with E-state index in [-0.39, 0.29) is 12.6 Å². The van der Waals surface area contributed by atoms with Gasteiger partial charge in [-0.05, 0) is 21.0 Å². The van der Waals surface area contributed by atoms with Crippen molar-refractivity contribution in [3.8, 4) is 5.88 Å². The first-order valence-corrected chi connectivity index (χ1v) is 4.72. The summed E-state index contributed by atoms with van der Waals surface area (Å²) in [7, 11) is 3.57. The highest BCUT2D eigenvalue weighted by molar-refractivity contribution is 5.09. The molecule has 16 heavy (non-hydrogen) atoms. The lowest BCUT2D eigenvalue weighted by Gasteiger charge is -2.20. The Kier molecular flexibility index (Phi) is 3.48. The van der Waals surface area contributed by atoms with Crippen LogP contribution in [0.25, 0.3) is 0 Å². The molecule has 2 N–H and O–H groups in total. The molecule has 0 bridgehead atoms. The molecule has 1 heterocycles. The molecular weight excluding hydrogens is 217 g/mol. The van der Waals surface area contributed by atoms with Crippen LogP contribution < -0.4 is 11.2 Å². The normalized spacial score (nSPS) is 13.1. The van der Waals surface area contributed by atoms with E-state index >= 15 is 0 Å². The summed E-state index contributed by atoms with van der Waals surface area (Å²) in [5.74, 6) is -2.27. The first-order valence-electron chi connectivity index (χ1n) is 4.72. The fourth-order valence-electron chi connectivity index (χ4n) is 1.13. The highest BCUT2D eigenvalue weighted by Gasteiger charge is 2.16. The van der Waals surface area contributed by atoms with E-state index in [0.29, 0.717) is 0 Å². The first-order chi connectivity index (χ1) is 7.34. The Balaban J connectivity index is 3.20. The quantitative estimate of drug-likeness (QED) is 0.723. The number of aromatic nitrogens is 2. The van der Waals surface area contributed by atoms with Crippen molar-refractivity contribution in [1.82, 2.24) is 14.5 Å². The zero-order valence-electron chi connectivity index (χ0n) is 9.32. The lowest BCUT2D eigenvalue weighted by Crippen LogP contribution is -2.38. The van der Waals surface area contributed by atoms with Crippen LogP contribution in [-0.2, 0) is 6.54 Å². The number of likely N-dealkylation sites (N-methyl/N-ethyl adjacent to an activating group) is 1. The molecule has 1 atom stereocenters. The Labute approximate surface area is 90.9 Å². The summed E-state index contributed by atoms with van der Waals surface area (Å²) in [6, 6.07) is -0.0890. The zero-order chi connectivity index (χ0) is 12.5. The molecule has 0 aliphatic carbocycles. The van der Waals surface area contributed by atoms with E-state index in [0.717, 1.165) is 4.57 Å². The third kappa shape index (κ3) is 2.30. The minimum Gasteiger partial charge on any atom is -0.492 e. The molecule has 0 spiro atoms. The number of nitrogens with one attached hydrogen (secondary N) is 1. The van der Waals surface area contributed by atoms with E-state index in [4.69, 9.17) is 0 Å². The van der Waals surface area contributed by atoms with Crippen LogP contribution in [0.15, 0.2) is 9.59 Å². The molecule has 0 aromatic carbocycles. The van der Waals surface area contributed by atoms with Crippen LogP contribution in [0.4, 0.5) is 4.39 Å². The van der Waals surface area contributed by atoms with Crippen LogP contribution in [0.5, 0.6) is 5.88 Å². The van der Waals surface area contributed by atoms with E-state index < -0.39 is 22.9 Å². The van der Waals surface area contributed by atoms with Crippen LogP contribution in [0.3, 0.4) is 0 Å². The second kappa shape index (κ2) is 4.48. The van der Waals surface area contributed by atoms with E-state index in [1.54, 1.807) is 30.9 Å². The van der Waals surface area contributed by atoms with Crippen molar-refractivity contribution >= 4 is 0 Å². The number of rotatable bonds is 3. The van der Waals surface area contributed by atoms with Crippen LogP contribution in [0, 0.1) is 5.82 Å². The second-order valence-corrected chi connectivity index (χ2v) is 3.82. The molecule has 0 aliphatic heterocycles. The third-order valence-electron chi connectivity index (χ3n) is 2.45. The third-order valence-corrected chi connectivity index (χ3v) is 2.45. The predicted molar refractivity (Wildman–Crippen MR) is 56.1 cm³/mol. The Bertz CT molecular complexity index is 492. The zero-order valence-corrected chi connectivity index (χ0v) is 9.32. The highest BCUT2D eigenvalue weighted by atomic mass is 19.1. The standard InChI is InChI=1S/C9H14FN3O3/c1-5(12(2)3)4-13-8(15)6(10)7(14)11-9(13)16/h5,15H,4H2,1-3H3,(H,11,14,16). The van der Waals surface area contributed by atoms with E-state index in [9.17, 15) is 19.1 Å². The summed E-state index contributed by atoms with van der Waals surface area (Å²) in [6.07, 6.45) is 0. The van der Waals surface area contributed by atoms with Gasteiger partial charge in [-0.2, -0.15) is 4.39 Å². The number of hydrogen-bond acceptors (Lipinski definition) is 4. The van der Waals surface area contributed by atoms with Gasteiger partial charge in [0, 0.05) is 12.6 Å². The summed E-state index contributed by atoms with van der Waals surface area (Å²) in [6.45, 7) is 1.89. The molecule has 0 aliphatic rings. The molecular formula is C9H14FN3O3. The lowest BCUT2D eigenvalue weighted by atomic mass is 10.3. The highest BCUT2D eigenvalue weighted by Crippen LogP contribution is 2.08. The van der Waals surface area contributed by atoms with Gasteiger partial charge in [-0.3, -0.25) is 14.3 Å². The van der Waals surface area contributed by atoms with Gasteiger partial charge in [0.25, 0.3) is 5.56 Å². The van der Waals surface area contributed by atoms with Gasteiger partial charge < -0.3 is 10.0 Å². The first kappa shape index (κ1) is 12.4. The summed E-state index contributed by atoms with van der Waals surface area (Å²) < 4.78 is 13.8. The Morgan fingerprint density at radius 2 is 2.06 bits per heavy atom. The molecule has 1 aromatic rings. The maximum Gasteiger partial charge on any atom is 0.331 e. The van der Waals surface area contributed by atoms with E-state index in [1.165, 1.54) is 0 Å². The van der Waals surface area contributed by atoms with Crippen molar-refractivity contribution in [2.75, 3.05) is 14.1 Å². The number of aromatic amines is 1. The summed E-state index contributed by atoms with van der Waals surface area (Å²) >= 11 is 0. The largest absolute Gasteiger partial charge is 0.492 e. The second-order valence-electron chi connectivity index (χ2n) is 3.82. The summed E-state index contributed by atoms with van der Waals surface area (Å²) in [5, 5.41) is 9.34. The minimum absolute atomic E-state index is 0.0887. The molecule has 90 valence electrons. The SMILES string of the molecule is CC(Cn1c(O)c(F)c(=O)[nH]c1=O)N(C)C. The molecule has 7 heteroatoms. The van der Waals surface area contributed by atoms with Crippen molar-refractivity contribution < 1.29 is 9.50 Å². The van der Waals surface area contributed by atoms with Crippen molar-refractivity contribution in [3.05, 3.63) is 26.7 Å². The number of H-pyrrole nitrogens is 1. The molecule has 6 nitrogen and oxygen atoms in total.